The molecule has 46 heavy (non-hydrogen) atoms. The van der Waals surface area contributed by atoms with Crippen LogP contribution in [0.4, 0.5) is 0 Å². The minimum atomic E-state index is -0.0844. The Hall–Kier alpha value is -5.81. The summed E-state index contributed by atoms with van der Waals surface area (Å²) in [6, 6.07) is 41.4. The highest BCUT2D eigenvalue weighted by molar-refractivity contribution is 6.09. The SMILES string of the molecule is Cc1cc(C)cc(Oc2ccc(Oc3ccc(C(=O)c4ccc(Oc5ccc(Oc6cc(C)cc(C)c6)cc5)cc4)cc3)cc2)c1. The number of aryl methyl sites for hydroxylation is 4. The summed E-state index contributed by atoms with van der Waals surface area (Å²) in [5, 5.41) is 0. The van der Waals surface area contributed by atoms with Gasteiger partial charge >= 0.3 is 0 Å². The van der Waals surface area contributed by atoms with Crippen LogP contribution in [0.5, 0.6) is 46.0 Å². The molecule has 6 rings (SSSR count). The van der Waals surface area contributed by atoms with Crippen molar-refractivity contribution < 1.29 is 23.7 Å². The molecule has 0 aliphatic heterocycles. The van der Waals surface area contributed by atoms with Crippen molar-refractivity contribution in [1.82, 2.24) is 0 Å². The van der Waals surface area contributed by atoms with Gasteiger partial charge in [0.05, 0.1) is 0 Å². The van der Waals surface area contributed by atoms with Crippen LogP contribution >= 0.6 is 0 Å². The molecule has 5 heteroatoms. The van der Waals surface area contributed by atoms with E-state index in [1.807, 2.05) is 100 Å². The van der Waals surface area contributed by atoms with Crippen molar-refractivity contribution in [3.63, 3.8) is 0 Å². The molecule has 0 fully saturated rings. The van der Waals surface area contributed by atoms with Crippen molar-refractivity contribution in [2.75, 3.05) is 0 Å². The third-order valence-electron chi connectivity index (χ3n) is 7.21. The maximum atomic E-state index is 13.1. The van der Waals surface area contributed by atoms with Gasteiger partial charge in [-0.3, -0.25) is 4.79 Å². The van der Waals surface area contributed by atoms with Crippen LogP contribution in [-0.2, 0) is 0 Å². The Balaban J connectivity index is 1.02. The van der Waals surface area contributed by atoms with Gasteiger partial charge in [-0.2, -0.15) is 0 Å². The first kappa shape index (κ1) is 30.2. The quantitative estimate of drug-likeness (QED) is 0.145. The van der Waals surface area contributed by atoms with E-state index in [0.29, 0.717) is 34.1 Å². The molecule has 0 aromatic heterocycles. The molecule has 228 valence electrons. The molecular formula is C41H34O5. The van der Waals surface area contributed by atoms with Gasteiger partial charge < -0.3 is 18.9 Å². The van der Waals surface area contributed by atoms with Crippen molar-refractivity contribution in [1.29, 1.82) is 0 Å². The lowest BCUT2D eigenvalue weighted by Crippen LogP contribution is -2.01. The molecule has 0 radical (unpaired) electrons. The van der Waals surface area contributed by atoms with E-state index in [9.17, 15) is 4.79 Å². The zero-order chi connectivity index (χ0) is 32.0. The lowest BCUT2D eigenvalue weighted by Gasteiger charge is -2.10. The smallest absolute Gasteiger partial charge is 0.193 e. The Kier molecular flexibility index (Phi) is 8.84. The molecule has 0 bridgehead atoms. The summed E-state index contributed by atoms with van der Waals surface area (Å²) in [5.74, 6) is 5.59. The zero-order valence-electron chi connectivity index (χ0n) is 26.2. The molecule has 0 heterocycles. The fraction of sp³-hybridized carbons (Fsp3) is 0.0976. The fourth-order valence-corrected chi connectivity index (χ4v) is 5.19. The van der Waals surface area contributed by atoms with E-state index < -0.39 is 0 Å². The average molecular weight is 607 g/mol. The number of hydrogen-bond acceptors (Lipinski definition) is 5. The Morgan fingerprint density at radius 1 is 0.326 bits per heavy atom. The Labute approximate surface area is 269 Å². The minimum absolute atomic E-state index is 0.0844. The zero-order valence-corrected chi connectivity index (χ0v) is 26.2. The summed E-state index contributed by atoms with van der Waals surface area (Å²) in [6.45, 7) is 8.19. The van der Waals surface area contributed by atoms with E-state index in [1.165, 1.54) is 0 Å². The predicted octanol–water partition coefficient (Wildman–Crippen LogP) is 11.3. The highest BCUT2D eigenvalue weighted by atomic mass is 16.5. The molecule has 0 atom stereocenters. The number of benzene rings is 6. The van der Waals surface area contributed by atoms with Gasteiger partial charge in [-0.1, -0.05) is 12.1 Å². The van der Waals surface area contributed by atoms with Crippen LogP contribution in [0.1, 0.15) is 38.2 Å². The molecule has 0 spiro atoms. The molecule has 0 amide bonds. The van der Waals surface area contributed by atoms with E-state index in [2.05, 4.69) is 12.1 Å². The van der Waals surface area contributed by atoms with Crippen LogP contribution < -0.4 is 18.9 Å². The summed E-state index contributed by atoms with van der Waals surface area (Å²) in [6.07, 6.45) is 0. The highest BCUT2D eigenvalue weighted by Crippen LogP contribution is 2.30. The van der Waals surface area contributed by atoms with E-state index in [1.54, 1.807) is 48.5 Å². The monoisotopic (exact) mass is 606 g/mol. The highest BCUT2D eigenvalue weighted by Gasteiger charge is 2.11. The summed E-state index contributed by atoms with van der Waals surface area (Å²) in [4.78, 5) is 13.1. The van der Waals surface area contributed by atoms with Gasteiger partial charge in [0.25, 0.3) is 0 Å². The van der Waals surface area contributed by atoms with Crippen molar-refractivity contribution in [3.05, 3.63) is 167 Å². The molecule has 0 saturated heterocycles. The second kappa shape index (κ2) is 13.4. The molecular weight excluding hydrogens is 572 g/mol. The lowest BCUT2D eigenvalue weighted by atomic mass is 10.0. The summed E-state index contributed by atoms with van der Waals surface area (Å²) in [5.41, 5.74) is 5.75. The van der Waals surface area contributed by atoms with Crippen LogP contribution in [-0.4, -0.2) is 5.78 Å². The first-order valence-electron chi connectivity index (χ1n) is 15.1. The molecule has 5 nitrogen and oxygen atoms in total. The normalized spacial score (nSPS) is 10.7. The van der Waals surface area contributed by atoms with Gasteiger partial charge in [-0.15, -0.1) is 0 Å². The van der Waals surface area contributed by atoms with E-state index in [0.717, 1.165) is 45.3 Å². The van der Waals surface area contributed by atoms with Crippen molar-refractivity contribution in [2.45, 2.75) is 27.7 Å². The van der Waals surface area contributed by atoms with E-state index in [-0.39, 0.29) is 5.78 Å². The van der Waals surface area contributed by atoms with Gasteiger partial charge in [0, 0.05) is 11.1 Å². The number of ether oxygens (including phenoxy) is 4. The van der Waals surface area contributed by atoms with Crippen LogP contribution in [0.2, 0.25) is 0 Å². The molecule has 6 aromatic carbocycles. The van der Waals surface area contributed by atoms with Crippen LogP contribution in [0.3, 0.4) is 0 Å². The first-order valence-corrected chi connectivity index (χ1v) is 15.1. The second-order valence-electron chi connectivity index (χ2n) is 11.4. The van der Waals surface area contributed by atoms with Gasteiger partial charge in [-0.25, -0.2) is 0 Å². The molecule has 0 unspecified atom stereocenters. The van der Waals surface area contributed by atoms with Crippen molar-refractivity contribution in [3.8, 4) is 46.0 Å². The van der Waals surface area contributed by atoms with Gasteiger partial charge in [0.15, 0.2) is 5.78 Å². The second-order valence-corrected chi connectivity index (χ2v) is 11.4. The summed E-state index contributed by atoms with van der Waals surface area (Å²) in [7, 11) is 0. The fourth-order valence-electron chi connectivity index (χ4n) is 5.19. The Morgan fingerprint density at radius 2 is 0.543 bits per heavy atom. The predicted molar refractivity (Wildman–Crippen MR) is 181 cm³/mol. The summed E-state index contributed by atoms with van der Waals surface area (Å²) >= 11 is 0. The number of rotatable bonds is 10. The third-order valence-corrected chi connectivity index (χ3v) is 7.21. The third kappa shape index (κ3) is 7.82. The number of ketones is 1. The largest absolute Gasteiger partial charge is 0.457 e. The number of carbonyl (C=O) groups excluding carboxylic acids is 1. The molecule has 0 aliphatic carbocycles. The van der Waals surface area contributed by atoms with Gasteiger partial charge in [-0.05, 0) is 171 Å². The van der Waals surface area contributed by atoms with E-state index >= 15 is 0 Å². The molecule has 0 aliphatic rings. The standard InChI is InChI=1S/C41H34O5/c1-27-21-28(2)24-39(23-27)45-37-17-13-35(14-18-37)43-33-9-5-31(6-10-33)41(42)32-7-11-34(12-8-32)44-36-15-19-38(20-16-36)46-40-25-29(3)22-30(4)26-40/h5-26H,1-4H3. The maximum absolute atomic E-state index is 13.1. The van der Waals surface area contributed by atoms with Gasteiger partial charge in [0.1, 0.15) is 46.0 Å². The van der Waals surface area contributed by atoms with Crippen LogP contribution in [0, 0.1) is 27.7 Å². The molecule has 6 aromatic rings. The van der Waals surface area contributed by atoms with E-state index in [4.69, 9.17) is 18.9 Å². The van der Waals surface area contributed by atoms with Crippen molar-refractivity contribution >= 4 is 5.78 Å². The maximum Gasteiger partial charge on any atom is 0.193 e. The van der Waals surface area contributed by atoms with Crippen molar-refractivity contribution in [2.24, 2.45) is 0 Å². The number of carbonyl (C=O) groups is 1. The van der Waals surface area contributed by atoms with Crippen LogP contribution in [0.15, 0.2) is 133 Å². The van der Waals surface area contributed by atoms with Gasteiger partial charge in [0.2, 0.25) is 0 Å². The Morgan fingerprint density at radius 3 is 0.804 bits per heavy atom. The Bertz CT molecular complexity index is 1770. The molecule has 0 N–H and O–H groups in total. The summed E-state index contributed by atoms with van der Waals surface area (Å²) < 4.78 is 24.0. The van der Waals surface area contributed by atoms with Crippen LogP contribution in [0.25, 0.3) is 0 Å². The topological polar surface area (TPSA) is 54.0 Å². The number of hydrogen-bond donors (Lipinski definition) is 0. The minimum Gasteiger partial charge on any atom is -0.457 e. The molecule has 0 saturated carbocycles. The lowest BCUT2D eigenvalue weighted by molar-refractivity contribution is 0.103. The first-order chi connectivity index (χ1) is 22.3. The average Bonchev–Trinajstić information content (AvgIpc) is 3.02.